The Kier molecular flexibility index (Phi) is 4.08. The predicted octanol–water partition coefficient (Wildman–Crippen LogP) is 1.88. The van der Waals surface area contributed by atoms with Gasteiger partial charge in [0, 0.05) is 25.6 Å². The van der Waals surface area contributed by atoms with Gasteiger partial charge >= 0.3 is 0 Å². The molecule has 2 atom stereocenters. The number of carbonyl (C=O) groups excluding carboxylic acids is 1. The molecular weight excluding hydrogens is 212 g/mol. The van der Waals surface area contributed by atoms with Gasteiger partial charge in [-0.3, -0.25) is 4.79 Å². The van der Waals surface area contributed by atoms with Gasteiger partial charge in [0.25, 0.3) is 0 Å². The maximum absolute atomic E-state index is 11.9. The van der Waals surface area contributed by atoms with Crippen LogP contribution in [0.2, 0.25) is 0 Å². The van der Waals surface area contributed by atoms with E-state index in [1.807, 2.05) is 0 Å². The second-order valence-electron chi connectivity index (χ2n) is 6.29. The fourth-order valence-electron chi connectivity index (χ4n) is 2.52. The van der Waals surface area contributed by atoms with Gasteiger partial charge in [-0.05, 0) is 37.1 Å². The number of hydrogen-bond acceptors (Lipinski definition) is 2. The summed E-state index contributed by atoms with van der Waals surface area (Å²) in [6.45, 7) is 9.65. The van der Waals surface area contributed by atoms with Crippen molar-refractivity contribution in [2.75, 3.05) is 19.6 Å². The average Bonchev–Trinajstić information content (AvgIpc) is 3.02. The molecule has 0 radical (unpaired) electrons. The molecule has 1 saturated carbocycles. The number of rotatable bonds is 6. The van der Waals surface area contributed by atoms with Gasteiger partial charge in [0.2, 0.25) is 5.91 Å². The van der Waals surface area contributed by atoms with Gasteiger partial charge in [0.1, 0.15) is 0 Å². The molecule has 3 heteroatoms. The lowest BCUT2D eigenvalue weighted by molar-refractivity contribution is -0.128. The summed E-state index contributed by atoms with van der Waals surface area (Å²) in [7, 11) is 0. The van der Waals surface area contributed by atoms with Crippen molar-refractivity contribution in [3.05, 3.63) is 0 Å². The SMILES string of the molecule is CC(CNC1CC1)CN1CC(C(C)C)CC1=O. The van der Waals surface area contributed by atoms with E-state index in [0.717, 1.165) is 32.1 Å². The van der Waals surface area contributed by atoms with Crippen LogP contribution in [0.1, 0.15) is 40.0 Å². The average molecular weight is 238 g/mol. The van der Waals surface area contributed by atoms with Gasteiger partial charge in [-0.2, -0.15) is 0 Å². The standard InChI is InChI=1S/C14H26N2O/c1-10(2)12-6-14(17)16(9-12)8-11(3)7-15-13-4-5-13/h10-13,15H,4-9H2,1-3H3. The van der Waals surface area contributed by atoms with Crippen LogP contribution >= 0.6 is 0 Å². The monoisotopic (exact) mass is 238 g/mol. The van der Waals surface area contributed by atoms with Crippen LogP contribution in [0.5, 0.6) is 0 Å². The number of carbonyl (C=O) groups is 1. The molecule has 2 aliphatic rings. The number of hydrogen-bond donors (Lipinski definition) is 1. The Bertz CT molecular complexity index is 273. The van der Waals surface area contributed by atoms with E-state index < -0.39 is 0 Å². The Hall–Kier alpha value is -0.570. The Labute approximate surface area is 105 Å². The van der Waals surface area contributed by atoms with Crippen molar-refractivity contribution in [1.29, 1.82) is 0 Å². The molecule has 2 fully saturated rings. The first-order chi connectivity index (χ1) is 8.06. The highest BCUT2D eigenvalue weighted by Crippen LogP contribution is 2.25. The highest BCUT2D eigenvalue weighted by molar-refractivity contribution is 5.78. The van der Waals surface area contributed by atoms with E-state index in [9.17, 15) is 4.79 Å². The molecule has 17 heavy (non-hydrogen) atoms. The lowest BCUT2D eigenvalue weighted by atomic mass is 9.95. The zero-order valence-corrected chi connectivity index (χ0v) is 11.4. The Morgan fingerprint density at radius 1 is 1.35 bits per heavy atom. The van der Waals surface area contributed by atoms with E-state index >= 15 is 0 Å². The van der Waals surface area contributed by atoms with Crippen molar-refractivity contribution < 1.29 is 4.79 Å². The molecule has 0 spiro atoms. The minimum absolute atomic E-state index is 0.363. The number of nitrogens with one attached hydrogen (secondary N) is 1. The molecule has 1 aliphatic heterocycles. The maximum atomic E-state index is 11.9. The third-order valence-corrected chi connectivity index (χ3v) is 4.05. The number of nitrogens with zero attached hydrogens (tertiary/aromatic N) is 1. The summed E-state index contributed by atoms with van der Waals surface area (Å²) in [6, 6.07) is 0.773. The van der Waals surface area contributed by atoms with Crippen LogP contribution in [0.25, 0.3) is 0 Å². The normalized spacial score (nSPS) is 26.9. The summed E-state index contributed by atoms with van der Waals surface area (Å²) in [4.78, 5) is 14.0. The van der Waals surface area contributed by atoms with Gasteiger partial charge in [-0.1, -0.05) is 20.8 Å². The van der Waals surface area contributed by atoms with E-state index in [1.165, 1.54) is 12.8 Å². The van der Waals surface area contributed by atoms with Gasteiger partial charge in [-0.15, -0.1) is 0 Å². The third kappa shape index (κ3) is 3.70. The second kappa shape index (κ2) is 5.38. The highest BCUT2D eigenvalue weighted by Gasteiger charge is 2.32. The molecule has 2 rings (SSSR count). The Morgan fingerprint density at radius 3 is 2.59 bits per heavy atom. The van der Waals surface area contributed by atoms with Crippen LogP contribution in [0, 0.1) is 17.8 Å². The highest BCUT2D eigenvalue weighted by atomic mass is 16.2. The third-order valence-electron chi connectivity index (χ3n) is 4.05. The lowest BCUT2D eigenvalue weighted by Gasteiger charge is -2.22. The minimum Gasteiger partial charge on any atom is -0.342 e. The van der Waals surface area contributed by atoms with Gasteiger partial charge in [0.15, 0.2) is 0 Å². The van der Waals surface area contributed by atoms with Gasteiger partial charge < -0.3 is 10.2 Å². The molecule has 3 nitrogen and oxygen atoms in total. The van der Waals surface area contributed by atoms with Crippen LogP contribution in [0.4, 0.5) is 0 Å². The Morgan fingerprint density at radius 2 is 2.06 bits per heavy atom. The molecule has 1 N–H and O–H groups in total. The predicted molar refractivity (Wildman–Crippen MR) is 69.7 cm³/mol. The molecule has 98 valence electrons. The van der Waals surface area contributed by atoms with Crippen molar-refractivity contribution in [1.82, 2.24) is 10.2 Å². The smallest absolute Gasteiger partial charge is 0.222 e. The largest absolute Gasteiger partial charge is 0.342 e. The van der Waals surface area contributed by atoms with Crippen molar-refractivity contribution in [3.63, 3.8) is 0 Å². The van der Waals surface area contributed by atoms with Crippen LogP contribution in [0.3, 0.4) is 0 Å². The van der Waals surface area contributed by atoms with Crippen molar-refractivity contribution >= 4 is 5.91 Å². The van der Waals surface area contributed by atoms with Gasteiger partial charge in [-0.25, -0.2) is 0 Å². The topological polar surface area (TPSA) is 32.3 Å². The van der Waals surface area contributed by atoms with Crippen molar-refractivity contribution in [3.8, 4) is 0 Å². The summed E-state index contributed by atoms with van der Waals surface area (Å²) in [5, 5.41) is 3.54. The van der Waals surface area contributed by atoms with Crippen LogP contribution in [-0.4, -0.2) is 36.5 Å². The second-order valence-corrected chi connectivity index (χ2v) is 6.29. The molecule has 1 amide bonds. The molecule has 1 heterocycles. The number of amides is 1. The zero-order valence-electron chi connectivity index (χ0n) is 11.4. The molecule has 2 unspecified atom stereocenters. The van der Waals surface area contributed by atoms with Crippen molar-refractivity contribution in [2.45, 2.75) is 46.1 Å². The first-order valence-electron chi connectivity index (χ1n) is 7.07. The summed E-state index contributed by atoms with van der Waals surface area (Å²) in [5.74, 6) is 2.14. The fourth-order valence-corrected chi connectivity index (χ4v) is 2.52. The minimum atomic E-state index is 0.363. The first-order valence-corrected chi connectivity index (χ1v) is 7.07. The Balaban J connectivity index is 1.72. The zero-order chi connectivity index (χ0) is 12.4. The summed E-state index contributed by atoms with van der Waals surface area (Å²) in [5.41, 5.74) is 0. The number of likely N-dealkylation sites (tertiary alicyclic amines) is 1. The fraction of sp³-hybridized carbons (Fsp3) is 0.929. The van der Waals surface area contributed by atoms with Crippen LogP contribution in [-0.2, 0) is 4.79 Å². The van der Waals surface area contributed by atoms with E-state index in [0.29, 0.717) is 23.7 Å². The van der Waals surface area contributed by atoms with E-state index in [4.69, 9.17) is 0 Å². The molecule has 0 aromatic heterocycles. The quantitative estimate of drug-likeness (QED) is 0.766. The van der Waals surface area contributed by atoms with Crippen LogP contribution < -0.4 is 5.32 Å². The summed E-state index contributed by atoms with van der Waals surface area (Å²) < 4.78 is 0. The molecule has 1 aliphatic carbocycles. The lowest BCUT2D eigenvalue weighted by Crippen LogP contribution is -2.35. The molecule has 0 bridgehead atoms. The molecule has 0 aromatic carbocycles. The molecule has 1 saturated heterocycles. The molecule has 0 aromatic rings. The maximum Gasteiger partial charge on any atom is 0.222 e. The van der Waals surface area contributed by atoms with Crippen LogP contribution in [0.15, 0.2) is 0 Å². The molecular formula is C14H26N2O. The summed E-state index contributed by atoms with van der Waals surface area (Å²) in [6.07, 6.45) is 3.44. The first kappa shape index (κ1) is 12.9. The van der Waals surface area contributed by atoms with E-state index in [1.54, 1.807) is 0 Å². The van der Waals surface area contributed by atoms with Gasteiger partial charge in [0.05, 0.1) is 0 Å². The van der Waals surface area contributed by atoms with E-state index in [-0.39, 0.29) is 0 Å². The van der Waals surface area contributed by atoms with Crippen molar-refractivity contribution in [2.24, 2.45) is 17.8 Å². The summed E-state index contributed by atoms with van der Waals surface area (Å²) >= 11 is 0. The van der Waals surface area contributed by atoms with E-state index in [2.05, 4.69) is 31.0 Å².